The van der Waals surface area contributed by atoms with Crippen LogP contribution in [0.4, 0.5) is 5.95 Å². The molecule has 0 unspecified atom stereocenters. The van der Waals surface area contributed by atoms with E-state index in [1.165, 1.54) is 31.5 Å². The van der Waals surface area contributed by atoms with Gasteiger partial charge in [-0.25, -0.2) is 4.68 Å². The van der Waals surface area contributed by atoms with Crippen molar-refractivity contribution in [2.45, 2.75) is 44.7 Å². The Balaban J connectivity index is 1.49. The first kappa shape index (κ1) is 16.4. The Kier molecular flexibility index (Phi) is 4.46. The third-order valence-corrected chi connectivity index (χ3v) is 4.59. The number of pyridine rings is 1. The Bertz CT molecular complexity index is 871. The van der Waals surface area contributed by atoms with Crippen LogP contribution in [0.2, 0.25) is 0 Å². The zero-order valence-corrected chi connectivity index (χ0v) is 14.5. The van der Waals surface area contributed by atoms with Crippen molar-refractivity contribution in [2.24, 2.45) is 0 Å². The number of tetrazole rings is 1. The molecule has 1 aliphatic rings. The van der Waals surface area contributed by atoms with Gasteiger partial charge in [-0.05, 0) is 34.5 Å². The summed E-state index contributed by atoms with van der Waals surface area (Å²) < 4.78 is 7.21. The molecule has 0 saturated heterocycles. The van der Waals surface area contributed by atoms with Crippen molar-refractivity contribution in [1.82, 2.24) is 35.3 Å². The maximum atomic E-state index is 9.53. The van der Waals surface area contributed by atoms with Crippen LogP contribution in [0.1, 0.15) is 44.0 Å². The molecule has 136 valence electrons. The lowest BCUT2D eigenvalue weighted by atomic mass is 9.95. The van der Waals surface area contributed by atoms with Crippen LogP contribution in [0.15, 0.2) is 23.0 Å². The fraction of sp³-hybridized carbons (Fsp3) is 0.500. The molecular weight excluding hydrogens is 336 g/mol. The quantitative estimate of drug-likeness (QED) is 0.731. The van der Waals surface area contributed by atoms with E-state index in [-0.39, 0.29) is 5.75 Å². The van der Waals surface area contributed by atoms with Crippen molar-refractivity contribution in [1.29, 1.82) is 0 Å². The predicted octanol–water partition coefficient (Wildman–Crippen LogP) is 1.97. The van der Waals surface area contributed by atoms with Gasteiger partial charge in [0.25, 0.3) is 11.8 Å². The van der Waals surface area contributed by atoms with Crippen LogP contribution >= 0.6 is 0 Å². The van der Waals surface area contributed by atoms with Crippen LogP contribution in [-0.4, -0.2) is 47.5 Å². The Morgan fingerprint density at radius 2 is 2.12 bits per heavy atom. The van der Waals surface area contributed by atoms with E-state index in [9.17, 15) is 5.11 Å². The topological polar surface area (TPSA) is 119 Å². The number of hydrogen-bond donors (Lipinski definition) is 1. The zero-order chi connectivity index (χ0) is 17.9. The van der Waals surface area contributed by atoms with Gasteiger partial charge in [0.15, 0.2) is 5.82 Å². The first-order chi connectivity index (χ1) is 12.7. The molecular formula is C16H20N8O2. The molecule has 1 N–H and O–H groups in total. The van der Waals surface area contributed by atoms with Crippen LogP contribution in [0, 0.1) is 0 Å². The van der Waals surface area contributed by atoms with E-state index in [4.69, 9.17) is 4.52 Å². The van der Waals surface area contributed by atoms with Crippen molar-refractivity contribution in [3.05, 3.63) is 24.3 Å². The molecule has 4 rings (SSSR count). The average molecular weight is 356 g/mol. The fourth-order valence-corrected chi connectivity index (χ4v) is 3.24. The summed E-state index contributed by atoms with van der Waals surface area (Å²) in [6.07, 6.45) is 8.83. The minimum atomic E-state index is 0.0438. The van der Waals surface area contributed by atoms with Crippen molar-refractivity contribution in [3.63, 3.8) is 0 Å². The molecule has 26 heavy (non-hydrogen) atoms. The van der Waals surface area contributed by atoms with E-state index in [0.29, 0.717) is 30.0 Å². The molecule has 0 aliphatic heterocycles. The molecule has 1 fully saturated rings. The second-order valence-corrected chi connectivity index (χ2v) is 6.52. The van der Waals surface area contributed by atoms with E-state index in [1.807, 2.05) is 16.6 Å². The molecule has 3 aromatic heterocycles. The maximum Gasteiger partial charge on any atom is 0.266 e. The standard InChI is InChI=1S/C16H20N8O2/c1-23(10-14-19-21-22-24(14)12-5-3-2-4-6-12)16-18-15(26-20-16)11-7-13(25)9-17-8-11/h7-9,12,25H,2-6,10H2,1H3. The summed E-state index contributed by atoms with van der Waals surface area (Å²) in [6.45, 7) is 0.473. The Morgan fingerprint density at radius 3 is 2.92 bits per heavy atom. The molecule has 3 aromatic rings. The van der Waals surface area contributed by atoms with Crippen LogP contribution in [-0.2, 0) is 6.54 Å². The number of nitrogens with zero attached hydrogens (tertiary/aromatic N) is 8. The summed E-state index contributed by atoms with van der Waals surface area (Å²) >= 11 is 0. The highest BCUT2D eigenvalue weighted by Crippen LogP contribution is 2.28. The molecule has 10 heteroatoms. The third-order valence-electron chi connectivity index (χ3n) is 4.59. The van der Waals surface area contributed by atoms with Gasteiger partial charge in [0.05, 0.1) is 24.3 Å². The number of aromatic nitrogens is 7. The summed E-state index contributed by atoms with van der Waals surface area (Å²) in [5.41, 5.74) is 0.559. The van der Waals surface area contributed by atoms with E-state index >= 15 is 0 Å². The van der Waals surface area contributed by atoms with Gasteiger partial charge in [-0.15, -0.1) is 5.10 Å². The van der Waals surface area contributed by atoms with E-state index in [0.717, 1.165) is 18.7 Å². The minimum Gasteiger partial charge on any atom is -0.506 e. The first-order valence-corrected chi connectivity index (χ1v) is 8.66. The second-order valence-electron chi connectivity index (χ2n) is 6.52. The van der Waals surface area contributed by atoms with Crippen LogP contribution in [0.3, 0.4) is 0 Å². The van der Waals surface area contributed by atoms with Gasteiger partial charge in [-0.3, -0.25) is 4.98 Å². The summed E-state index contributed by atoms with van der Waals surface area (Å²) in [6, 6.07) is 1.88. The van der Waals surface area contributed by atoms with Crippen molar-refractivity contribution >= 4 is 5.95 Å². The summed E-state index contributed by atoms with van der Waals surface area (Å²) in [4.78, 5) is 10.1. The van der Waals surface area contributed by atoms with Gasteiger partial charge in [0.2, 0.25) is 0 Å². The minimum absolute atomic E-state index is 0.0438. The third kappa shape index (κ3) is 3.35. The normalized spacial score (nSPS) is 15.3. The lowest BCUT2D eigenvalue weighted by molar-refractivity contribution is 0.316. The van der Waals surface area contributed by atoms with Gasteiger partial charge < -0.3 is 14.5 Å². The highest BCUT2D eigenvalue weighted by Gasteiger charge is 2.22. The molecule has 0 aromatic carbocycles. The molecule has 1 saturated carbocycles. The number of aromatic hydroxyl groups is 1. The van der Waals surface area contributed by atoms with Crippen LogP contribution in [0.5, 0.6) is 5.75 Å². The first-order valence-electron chi connectivity index (χ1n) is 8.66. The summed E-state index contributed by atoms with van der Waals surface area (Å²) in [7, 11) is 1.86. The lowest BCUT2D eigenvalue weighted by Gasteiger charge is -2.23. The maximum absolute atomic E-state index is 9.53. The van der Waals surface area contributed by atoms with Crippen LogP contribution in [0.25, 0.3) is 11.5 Å². The molecule has 1 aliphatic carbocycles. The molecule has 0 spiro atoms. The monoisotopic (exact) mass is 356 g/mol. The number of hydrogen-bond acceptors (Lipinski definition) is 9. The van der Waals surface area contributed by atoms with E-state index < -0.39 is 0 Å². The SMILES string of the molecule is CN(Cc1nnnn1C1CCCCC1)c1noc(-c2cncc(O)c2)n1. The van der Waals surface area contributed by atoms with E-state index in [2.05, 4.69) is 30.7 Å². The van der Waals surface area contributed by atoms with Crippen LogP contribution < -0.4 is 4.90 Å². The van der Waals surface area contributed by atoms with E-state index in [1.54, 1.807) is 6.20 Å². The Labute approximate surface area is 149 Å². The average Bonchev–Trinajstić information content (AvgIpc) is 3.32. The Morgan fingerprint density at radius 1 is 1.27 bits per heavy atom. The molecule has 10 nitrogen and oxygen atoms in total. The van der Waals surface area contributed by atoms with Crippen molar-refractivity contribution < 1.29 is 9.63 Å². The molecule has 0 radical (unpaired) electrons. The zero-order valence-electron chi connectivity index (χ0n) is 14.5. The number of anilines is 1. The molecule has 0 atom stereocenters. The highest BCUT2D eigenvalue weighted by atomic mass is 16.5. The highest BCUT2D eigenvalue weighted by molar-refractivity contribution is 5.54. The summed E-state index contributed by atoms with van der Waals surface area (Å²) in [5, 5.41) is 25.7. The fourth-order valence-electron chi connectivity index (χ4n) is 3.24. The Hall–Kier alpha value is -3.04. The summed E-state index contributed by atoms with van der Waals surface area (Å²) in [5.74, 6) is 1.54. The van der Waals surface area contributed by atoms with Gasteiger partial charge >= 0.3 is 0 Å². The van der Waals surface area contributed by atoms with Gasteiger partial charge in [-0.2, -0.15) is 4.98 Å². The largest absolute Gasteiger partial charge is 0.506 e. The molecule has 0 bridgehead atoms. The van der Waals surface area contributed by atoms with Gasteiger partial charge in [0, 0.05) is 13.2 Å². The van der Waals surface area contributed by atoms with Crippen molar-refractivity contribution in [2.75, 3.05) is 11.9 Å². The predicted molar refractivity (Wildman–Crippen MR) is 91.2 cm³/mol. The number of rotatable bonds is 5. The van der Waals surface area contributed by atoms with Crippen molar-refractivity contribution in [3.8, 4) is 17.2 Å². The smallest absolute Gasteiger partial charge is 0.266 e. The molecule has 0 amide bonds. The van der Waals surface area contributed by atoms with Gasteiger partial charge in [-0.1, -0.05) is 19.3 Å². The lowest BCUT2D eigenvalue weighted by Crippen LogP contribution is -2.24. The second kappa shape index (κ2) is 7.06. The van der Waals surface area contributed by atoms with Gasteiger partial charge in [0.1, 0.15) is 5.75 Å². The molecule has 3 heterocycles.